The Hall–Kier alpha value is -2.41. The third-order valence-electron chi connectivity index (χ3n) is 2.93. The number of hydrogen-bond acceptors (Lipinski definition) is 5. The van der Waals surface area contributed by atoms with Crippen LogP contribution in [0.5, 0.6) is 0 Å². The molecular weight excluding hydrogens is 276 g/mol. The molecule has 0 atom stereocenters. The van der Waals surface area contributed by atoms with Crippen LogP contribution in [0, 0.1) is 10.1 Å². The van der Waals surface area contributed by atoms with Crippen LogP contribution in [-0.4, -0.2) is 19.5 Å². The molecule has 20 heavy (non-hydrogen) atoms. The lowest BCUT2D eigenvalue weighted by atomic mass is 10.1. The van der Waals surface area contributed by atoms with Crippen molar-refractivity contribution in [2.45, 2.75) is 10.1 Å². The van der Waals surface area contributed by atoms with Crippen molar-refractivity contribution in [1.82, 2.24) is 14.5 Å². The zero-order valence-electron chi connectivity index (χ0n) is 10.6. The lowest BCUT2D eigenvalue weighted by Gasteiger charge is -2.06. The minimum absolute atomic E-state index is 0.0669. The van der Waals surface area contributed by atoms with Gasteiger partial charge >= 0.3 is 0 Å². The highest BCUT2D eigenvalue weighted by atomic mass is 32.2. The predicted octanol–water partition coefficient (Wildman–Crippen LogP) is 3.03. The van der Waals surface area contributed by atoms with Crippen LogP contribution in [0.15, 0.2) is 53.0 Å². The number of fused-ring (bicyclic) bond motifs is 1. The van der Waals surface area contributed by atoms with Crippen LogP contribution in [0.2, 0.25) is 0 Å². The molecule has 2 heterocycles. The number of hydrogen-bond donors (Lipinski definition) is 0. The summed E-state index contributed by atoms with van der Waals surface area (Å²) in [5.74, 6) is 0. The maximum atomic E-state index is 11.1. The van der Waals surface area contributed by atoms with Crippen molar-refractivity contribution in [3.63, 3.8) is 0 Å². The summed E-state index contributed by atoms with van der Waals surface area (Å²) in [6, 6.07) is 5.04. The summed E-state index contributed by atoms with van der Waals surface area (Å²) in [6.45, 7) is 0. The second kappa shape index (κ2) is 4.93. The molecule has 0 aliphatic carbocycles. The molecule has 0 bridgehead atoms. The summed E-state index contributed by atoms with van der Waals surface area (Å²) in [6.07, 6.45) is 6.74. The molecule has 3 rings (SSSR count). The molecule has 100 valence electrons. The molecule has 0 saturated heterocycles. The van der Waals surface area contributed by atoms with Crippen molar-refractivity contribution < 1.29 is 4.92 Å². The first-order chi connectivity index (χ1) is 9.66. The van der Waals surface area contributed by atoms with Crippen molar-refractivity contribution in [2.24, 2.45) is 7.05 Å². The summed E-state index contributed by atoms with van der Waals surface area (Å²) in [5.41, 5.74) is 0.0669. The fourth-order valence-electron chi connectivity index (χ4n) is 1.94. The van der Waals surface area contributed by atoms with Crippen LogP contribution in [0.4, 0.5) is 5.69 Å². The number of nitrogens with zero attached hydrogens (tertiary/aromatic N) is 4. The Morgan fingerprint density at radius 2 is 2.10 bits per heavy atom. The molecule has 6 nitrogen and oxygen atoms in total. The van der Waals surface area contributed by atoms with Crippen LogP contribution in [0.25, 0.3) is 10.8 Å². The van der Waals surface area contributed by atoms with E-state index in [1.807, 2.05) is 17.8 Å². The molecule has 0 fully saturated rings. The molecule has 0 N–H and O–H groups in total. The number of benzene rings is 1. The Morgan fingerprint density at radius 1 is 1.25 bits per heavy atom. The van der Waals surface area contributed by atoms with Gasteiger partial charge in [-0.15, -0.1) is 0 Å². The minimum Gasteiger partial charge on any atom is -0.329 e. The van der Waals surface area contributed by atoms with Crippen molar-refractivity contribution in [3.05, 3.63) is 53.1 Å². The summed E-state index contributed by atoms with van der Waals surface area (Å²) >= 11 is 1.47. The van der Waals surface area contributed by atoms with Gasteiger partial charge in [-0.2, -0.15) is 0 Å². The SMILES string of the molecule is Cn1ccnc1Sc1ccc([N+](=O)[O-])c2cnccc12. The first-order valence-corrected chi connectivity index (χ1v) is 6.65. The molecule has 0 radical (unpaired) electrons. The molecule has 0 aliphatic rings. The average molecular weight is 286 g/mol. The molecule has 0 saturated carbocycles. The summed E-state index contributed by atoms with van der Waals surface area (Å²) in [5, 5.41) is 13.2. The largest absolute Gasteiger partial charge is 0.329 e. The maximum Gasteiger partial charge on any atom is 0.278 e. The lowest BCUT2D eigenvalue weighted by molar-refractivity contribution is -0.383. The van der Waals surface area contributed by atoms with Gasteiger partial charge in [0.1, 0.15) is 0 Å². The number of aromatic nitrogens is 3. The highest BCUT2D eigenvalue weighted by molar-refractivity contribution is 7.99. The second-order valence-electron chi connectivity index (χ2n) is 4.18. The van der Waals surface area contributed by atoms with E-state index in [0.717, 1.165) is 15.4 Å². The first-order valence-electron chi connectivity index (χ1n) is 5.83. The van der Waals surface area contributed by atoms with Crippen LogP contribution in [-0.2, 0) is 7.05 Å². The Labute approximate surface area is 118 Å². The van der Waals surface area contributed by atoms with Gasteiger partial charge in [-0.3, -0.25) is 15.1 Å². The van der Waals surface area contributed by atoms with Crippen LogP contribution in [0.1, 0.15) is 0 Å². The predicted molar refractivity (Wildman–Crippen MR) is 75.7 cm³/mol. The quantitative estimate of drug-likeness (QED) is 0.546. The number of nitro groups is 1. The average Bonchev–Trinajstić information content (AvgIpc) is 2.84. The molecule has 0 aliphatic heterocycles. The fraction of sp³-hybridized carbons (Fsp3) is 0.0769. The Bertz CT molecular complexity index is 800. The van der Waals surface area contributed by atoms with Gasteiger partial charge in [0, 0.05) is 48.2 Å². The van der Waals surface area contributed by atoms with Gasteiger partial charge in [-0.05, 0) is 12.1 Å². The molecule has 2 aromatic heterocycles. The van der Waals surface area contributed by atoms with E-state index in [1.165, 1.54) is 24.0 Å². The molecule has 0 spiro atoms. The zero-order chi connectivity index (χ0) is 14.1. The zero-order valence-corrected chi connectivity index (χ0v) is 11.4. The normalized spacial score (nSPS) is 10.8. The molecule has 0 amide bonds. The van der Waals surface area contributed by atoms with Gasteiger partial charge in [0.15, 0.2) is 5.16 Å². The Balaban J connectivity index is 2.15. The van der Waals surface area contributed by atoms with Gasteiger partial charge < -0.3 is 4.57 Å². The summed E-state index contributed by atoms with van der Waals surface area (Å²) in [7, 11) is 1.91. The standard InChI is InChI=1S/C13H10N4O2S/c1-16-7-6-15-13(16)20-12-3-2-11(17(18)19)10-8-14-5-4-9(10)12/h2-8H,1H3. The van der Waals surface area contributed by atoms with Crippen molar-refractivity contribution in [3.8, 4) is 0 Å². The molecule has 3 aromatic rings. The maximum absolute atomic E-state index is 11.1. The third kappa shape index (κ3) is 2.12. The minimum atomic E-state index is -0.390. The highest BCUT2D eigenvalue weighted by Crippen LogP contribution is 2.35. The van der Waals surface area contributed by atoms with E-state index in [0.29, 0.717) is 5.39 Å². The van der Waals surface area contributed by atoms with E-state index in [2.05, 4.69) is 9.97 Å². The molecule has 7 heteroatoms. The number of nitro benzene ring substituents is 1. The van der Waals surface area contributed by atoms with E-state index in [4.69, 9.17) is 0 Å². The van der Waals surface area contributed by atoms with Crippen LogP contribution >= 0.6 is 11.8 Å². The first kappa shape index (κ1) is 12.6. The Kier molecular flexibility index (Phi) is 3.11. The van der Waals surface area contributed by atoms with Gasteiger partial charge in [-0.25, -0.2) is 4.98 Å². The fourth-order valence-corrected chi connectivity index (χ4v) is 2.88. The number of aryl methyl sites for hydroxylation is 1. The van der Waals surface area contributed by atoms with Crippen LogP contribution < -0.4 is 0 Å². The van der Waals surface area contributed by atoms with Crippen molar-refractivity contribution >= 4 is 28.2 Å². The van der Waals surface area contributed by atoms with E-state index >= 15 is 0 Å². The Morgan fingerprint density at radius 3 is 2.80 bits per heavy atom. The molecule has 0 unspecified atom stereocenters. The van der Waals surface area contributed by atoms with Crippen molar-refractivity contribution in [2.75, 3.05) is 0 Å². The highest BCUT2D eigenvalue weighted by Gasteiger charge is 2.15. The number of imidazole rings is 1. The monoisotopic (exact) mass is 286 g/mol. The van der Waals surface area contributed by atoms with E-state index in [-0.39, 0.29) is 10.6 Å². The van der Waals surface area contributed by atoms with Gasteiger partial charge in [0.2, 0.25) is 0 Å². The smallest absolute Gasteiger partial charge is 0.278 e. The number of pyridine rings is 1. The lowest BCUT2D eigenvalue weighted by Crippen LogP contribution is -1.92. The molecule has 1 aromatic carbocycles. The summed E-state index contributed by atoms with van der Waals surface area (Å²) < 4.78 is 1.90. The van der Waals surface area contributed by atoms with E-state index in [1.54, 1.807) is 24.5 Å². The molecular formula is C13H10N4O2S. The van der Waals surface area contributed by atoms with E-state index < -0.39 is 0 Å². The topological polar surface area (TPSA) is 73.8 Å². The van der Waals surface area contributed by atoms with Gasteiger partial charge in [-0.1, -0.05) is 11.8 Å². The van der Waals surface area contributed by atoms with E-state index in [9.17, 15) is 10.1 Å². The van der Waals surface area contributed by atoms with Gasteiger partial charge in [0.05, 0.1) is 10.3 Å². The second-order valence-corrected chi connectivity index (χ2v) is 5.19. The summed E-state index contributed by atoms with van der Waals surface area (Å²) in [4.78, 5) is 19.8. The number of non-ortho nitro benzene ring substituents is 1. The van der Waals surface area contributed by atoms with Crippen LogP contribution in [0.3, 0.4) is 0 Å². The number of rotatable bonds is 3. The van der Waals surface area contributed by atoms with Crippen molar-refractivity contribution in [1.29, 1.82) is 0 Å². The third-order valence-corrected chi connectivity index (χ3v) is 4.08. The van der Waals surface area contributed by atoms with Gasteiger partial charge in [0.25, 0.3) is 5.69 Å².